The average molecular weight is 213 g/mol. The highest BCUT2D eigenvalue weighted by molar-refractivity contribution is 5.95. The van der Waals surface area contributed by atoms with Crippen LogP contribution in [0.15, 0.2) is 16.4 Å². The summed E-state index contributed by atoms with van der Waals surface area (Å²) >= 11 is 0. The van der Waals surface area contributed by atoms with Crippen molar-refractivity contribution in [2.45, 2.75) is 19.8 Å². The van der Waals surface area contributed by atoms with Crippen molar-refractivity contribution in [2.75, 3.05) is 20.7 Å². The van der Waals surface area contributed by atoms with Crippen molar-refractivity contribution in [2.24, 2.45) is 10.7 Å². The molecule has 86 valence electrons. The molecule has 0 aromatic rings. The van der Waals surface area contributed by atoms with Crippen LogP contribution in [0.25, 0.3) is 0 Å². The molecule has 0 amide bonds. The first kappa shape index (κ1) is 13.5. The summed E-state index contributed by atoms with van der Waals surface area (Å²) in [7, 11) is 2.91. The van der Waals surface area contributed by atoms with Crippen LogP contribution >= 0.6 is 0 Å². The SMILES string of the molecule is CCCCN/C(C=NC)=C(/N)C(=O)OC. The van der Waals surface area contributed by atoms with Crippen molar-refractivity contribution in [1.82, 2.24) is 5.32 Å². The molecule has 0 atom stereocenters. The zero-order chi connectivity index (χ0) is 11.7. The summed E-state index contributed by atoms with van der Waals surface area (Å²) in [6, 6.07) is 0. The number of carbonyl (C=O) groups is 1. The largest absolute Gasteiger partial charge is 0.464 e. The van der Waals surface area contributed by atoms with E-state index in [9.17, 15) is 4.79 Å². The van der Waals surface area contributed by atoms with Gasteiger partial charge in [-0.1, -0.05) is 13.3 Å². The predicted molar refractivity (Wildman–Crippen MR) is 60.6 cm³/mol. The lowest BCUT2D eigenvalue weighted by molar-refractivity contribution is -0.136. The van der Waals surface area contributed by atoms with Crippen LogP contribution < -0.4 is 11.1 Å². The zero-order valence-corrected chi connectivity index (χ0v) is 9.54. The third-order valence-corrected chi connectivity index (χ3v) is 1.80. The van der Waals surface area contributed by atoms with Crippen molar-refractivity contribution >= 4 is 12.2 Å². The first-order valence-electron chi connectivity index (χ1n) is 4.91. The lowest BCUT2D eigenvalue weighted by Gasteiger charge is -2.08. The summed E-state index contributed by atoms with van der Waals surface area (Å²) in [5.41, 5.74) is 6.16. The molecule has 0 radical (unpaired) electrons. The molecule has 0 rings (SSSR count). The Kier molecular flexibility index (Phi) is 7.05. The fourth-order valence-corrected chi connectivity index (χ4v) is 0.959. The molecule has 0 unspecified atom stereocenters. The van der Waals surface area contributed by atoms with E-state index in [-0.39, 0.29) is 5.70 Å². The van der Waals surface area contributed by atoms with Gasteiger partial charge in [0.15, 0.2) is 0 Å². The van der Waals surface area contributed by atoms with Crippen molar-refractivity contribution in [3.05, 3.63) is 11.4 Å². The number of carbonyl (C=O) groups excluding carboxylic acids is 1. The lowest BCUT2D eigenvalue weighted by atomic mass is 10.3. The minimum atomic E-state index is -0.547. The number of nitrogens with one attached hydrogen (secondary N) is 1. The summed E-state index contributed by atoms with van der Waals surface area (Å²) in [4.78, 5) is 15.0. The van der Waals surface area contributed by atoms with Gasteiger partial charge in [0, 0.05) is 19.8 Å². The third kappa shape index (κ3) is 5.05. The molecule has 0 heterocycles. The van der Waals surface area contributed by atoms with Gasteiger partial charge in [0.1, 0.15) is 5.70 Å². The summed E-state index contributed by atoms with van der Waals surface area (Å²) in [5.74, 6) is -0.547. The molecule has 15 heavy (non-hydrogen) atoms. The van der Waals surface area contributed by atoms with E-state index in [4.69, 9.17) is 5.73 Å². The van der Waals surface area contributed by atoms with Crippen molar-refractivity contribution < 1.29 is 9.53 Å². The molecule has 5 heteroatoms. The second-order valence-electron chi connectivity index (χ2n) is 2.99. The van der Waals surface area contributed by atoms with Crippen molar-refractivity contribution in [3.63, 3.8) is 0 Å². The molecule has 0 aliphatic carbocycles. The number of nitrogens with two attached hydrogens (primary N) is 1. The first-order valence-corrected chi connectivity index (χ1v) is 4.91. The second kappa shape index (κ2) is 7.84. The fraction of sp³-hybridized carbons (Fsp3) is 0.600. The molecule has 0 aromatic carbocycles. The lowest BCUT2D eigenvalue weighted by Crippen LogP contribution is -2.25. The van der Waals surface area contributed by atoms with Crippen molar-refractivity contribution in [1.29, 1.82) is 0 Å². The molecule has 0 aromatic heterocycles. The number of hydrogen-bond donors (Lipinski definition) is 2. The highest BCUT2D eigenvalue weighted by atomic mass is 16.5. The summed E-state index contributed by atoms with van der Waals surface area (Å²) in [6.07, 6.45) is 3.60. The molecule has 5 nitrogen and oxygen atoms in total. The Bertz CT molecular complexity index is 259. The van der Waals surface area contributed by atoms with Gasteiger partial charge in [-0.25, -0.2) is 4.79 Å². The maximum atomic E-state index is 11.2. The molecule has 0 aliphatic rings. The van der Waals surface area contributed by atoms with Crippen LogP contribution in [-0.2, 0) is 9.53 Å². The molecule has 0 bridgehead atoms. The van der Waals surface area contributed by atoms with Crippen molar-refractivity contribution in [3.8, 4) is 0 Å². The molecule has 0 spiro atoms. The number of allylic oxidation sites excluding steroid dienone is 1. The Hall–Kier alpha value is -1.52. The topological polar surface area (TPSA) is 76.7 Å². The standard InChI is InChI=1S/C10H19N3O2/c1-4-5-6-13-8(7-12-2)9(11)10(14)15-3/h7,13H,4-6,11H2,1-3H3/b9-8+,12-7?. The minimum Gasteiger partial charge on any atom is -0.464 e. The highest BCUT2D eigenvalue weighted by Crippen LogP contribution is 1.96. The number of unbranched alkanes of at least 4 members (excludes halogenated alkanes) is 1. The summed E-state index contributed by atoms with van der Waals surface area (Å²) in [6.45, 7) is 2.85. The Morgan fingerprint density at radius 2 is 2.27 bits per heavy atom. The van der Waals surface area contributed by atoms with Gasteiger partial charge >= 0.3 is 5.97 Å². The zero-order valence-electron chi connectivity index (χ0n) is 9.54. The van der Waals surface area contributed by atoms with Gasteiger partial charge in [0.05, 0.1) is 12.8 Å². The molecule has 0 fully saturated rings. The van der Waals surface area contributed by atoms with E-state index in [2.05, 4.69) is 22.0 Å². The van der Waals surface area contributed by atoms with Crippen LogP contribution in [0.5, 0.6) is 0 Å². The second-order valence-corrected chi connectivity index (χ2v) is 2.99. The van der Waals surface area contributed by atoms with Crippen LogP contribution in [0.3, 0.4) is 0 Å². The van der Waals surface area contributed by atoms with Crippen LogP contribution in [0.2, 0.25) is 0 Å². The number of methoxy groups -OCH3 is 1. The molecule has 0 saturated heterocycles. The Balaban J connectivity index is 4.54. The summed E-state index contributed by atoms with van der Waals surface area (Å²) < 4.78 is 4.52. The number of nitrogens with zero attached hydrogens (tertiary/aromatic N) is 1. The molecule has 0 aliphatic heterocycles. The maximum Gasteiger partial charge on any atom is 0.356 e. The van der Waals surface area contributed by atoms with Crippen LogP contribution in [0.4, 0.5) is 0 Å². The number of ether oxygens (including phenoxy) is 1. The highest BCUT2D eigenvalue weighted by Gasteiger charge is 2.09. The fourth-order valence-electron chi connectivity index (χ4n) is 0.959. The van der Waals surface area contributed by atoms with E-state index in [0.717, 1.165) is 19.4 Å². The Morgan fingerprint density at radius 3 is 2.73 bits per heavy atom. The molecule has 3 N–H and O–H groups in total. The maximum absolute atomic E-state index is 11.2. The number of hydrogen-bond acceptors (Lipinski definition) is 5. The van der Waals surface area contributed by atoms with E-state index in [1.807, 2.05) is 0 Å². The molecule has 0 saturated carbocycles. The normalized spacial score (nSPS) is 12.5. The van der Waals surface area contributed by atoms with E-state index in [1.165, 1.54) is 13.3 Å². The predicted octanol–water partition coefficient (Wildman–Crippen LogP) is 0.420. The number of rotatable bonds is 6. The average Bonchev–Trinajstić information content (AvgIpc) is 2.26. The van der Waals surface area contributed by atoms with E-state index < -0.39 is 5.97 Å². The van der Waals surface area contributed by atoms with E-state index in [0.29, 0.717) is 5.70 Å². The van der Waals surface area contributed by atoms with E-state index >= 15 is 0 Å². The number of aliphatic imine (C=N–C) groups is 1. The van der Waals surface area contributed by atoms with Crippen LogP contribution in [-0.4, -0.2) is 32.9 Å². The Labute approximate surface area is 90.4 Å². The van der Waals surface area contributed by atoms with Gasteiger partial charge < -0.3 is 15.8 Å². The van der Waals surface area contributed by atoms with Crippen LogP contribution in [0, 0.1) is 0 Å². The van der Waals surface area contributed by atoms with E-state index in [1.54, 1.807) is 7.05 Å². The smallest absolute Gasteiger partial charge is 0.356 e. The Morgan fingerprint density at radius 1 is 1.60 bits per heavy atom. The summed E-state index contributed by atoms with van der Waals surface area (Å²) in [5, 5.41) is 3.04. The third-order valence-electron chi connectivity index (χ3n) is 1.80. The number of esters is 1. The van der Waals surface area contributed by atoms with Gasteiger partial charge in [-0.2, -0.15) is 0 Å². The van der Waals surface area contributed by atoms with Gasteiger partial charge in [-0.3, -0.25) is 4.99 Å². The quantitative estimate of drug-likeness (QED) is 0.290. The van der Waals surface area contributed by atoms with Gasteiger partial charge in [0.2, 0.25) is 0 Å². The minimum absolute atomic E-state index is 0.0548. The van der Waals surface area contributed by atoms with Gasteiger partial charge in [-0.15, -0.1) is 0 Å². The molecular formula is C10H19N3O2. The monoisotopic (exact) mass is 213 g/mol. The van der Waals surface area contributed by atoms with Crippen LogP contribution in [0.1, 0.15) is 19.8 Å². The first-order chi connectivity index (χ1) is 7.17. The molecular weight excluding hydrogens is 194 g/mol. The van der Waals surface area contributed by atoms with Gasteiger partial charge in [-0.05, 0) is 6.42 Å². The van der Waals surface area contributed by atoms with Gasteiger partial charge in [0.25, 0.3) is 0 Å².